The van der Waals surface area contributed by atoms with Crippen LogP contribution in [0.15, 0.2) is 17.2 Å². The van der Waals surface area contributed by atoms with Crippen molar-refractivity contribution < 1.29 is 8.42 Å². The molecule has 0 unspecified atom stereocenters. The smallest absolute Gasteiger partial charge is 0.242 e. The Kier molecular flexibility index (Phi) is 4.85. The summed E-state index contributed by atoms with van der Waals surface area (Å²) in [5.41, 5.74) is 0. The van der Waals surface area contributed by atoms with Crippen LogP contribution in [-0.2, 0) is 10.0 Å². The van der Waals surface area contributed by atoms with Gasteiger partial charge in [-0.05, 0) is 26.0 Å². The minimum atomic E-state index is -3.56. The second kappa shape index (κ2) is 6.26. The van der Waals surface area contributed by atoms with Crippen molar-refractivity contribution in [3.05, 3.63) is 17.3 Å². The zero-order valence-electron chi connectivity index (χ0n) is 11.6. The first kappa shape index (κ1) is 15.5. The first-order valence-corrected chi connectivity index (χ1v) is 8.33. The average Bonchev–Trinajstić information content (AvgIpc) is 3.22. The van der Waals surface area contributed by atoms with Crippen LogP contribution in [0.1, 0.15) is 12.8 Å². The molecule has 8 heteroatoms. The van der Waals surface area contributed by atoms with Gasteiger partial charge in [-0.1, -0.05) is 11.6 Å². The van der Waals surface area contributed by atoms with E-state index >= 15 is 0 Å². The predicted octanol–water partition coefficient (Wildman–Crippen LogP) is 1.15. The van der Waals surface area contributed by atoms with Crippen molar-refractivity contribution in [1.82, 2.24) is 14.6 Å². The summed E-state index contributed by atoms with van der Waals surface area (Å²) in [4.78, 5) is 6.22. The van der Waals surface area contributed by atoms with E-state index < -0.39 is 10.0 Å². The van der Waals surface area contributed by atoms with Gasteiger partial charge in [0, 0.05) is 32.4 Å². The van der Waals surface area contributed by atoms with Crippen LogP contribution < -0.4 is 10.0 Å². The van der Waals surface area contributed by atoms with Gasteiger partial charge in [0.25, 0.3) is 0 Å². The highest BCUT2D eigenvalue weighted by atomic mass is 35.5. The Morgan fingerprint density at radius 1 is 1.50 bits per heavy atom. The average molecular weight is 319 g/mol. The van der Waals surface area contributed by atoms with Gasteiger partial charge in [-0.15, -0.1) is 0 Å². The lowest BCUT2D eigenvalue weighted by Crippen LogP contribution is -2.34. The number of anilines is 1. The van der Waals surface area contributed by atoms with Crippen LogP contribution in [0.3, 0.4) is 0 Å². The van der Waals surface area contributed by atoms with Gasteiger partial charge < -0.3 is 10.2 Å². The van der Waals surface area contributed by atoms with Crippen LogP contribution in [0.2, 0.25) is 5.02 Å². The van der Waals surface area contributed by atoms with Crippen molar-refractivity contribution in [3.63, 3.8) is 0 Å². The van der Waals surface area contributed by atoms with E-state index in [1.165, 1.54) is 25.1 Å². The molecule has 1 aromatic rings. The van der Waals surface area contributed by atoms with Crippen molar-refractivity contribution in [2.24, 2.45) is 0 Å². The van der Waals surface area contributed by atoms with Crippen LogP contribution >= 0.6 is 11.6 Å². The molecule has 1 saturated carbocycles. The number of pyridine rings is 1. The highest BCUT2D eigenvalue weighted by Gasteiger charge is 2.26. The van der Waals surface area contributed by atoms with Gasteiger partial charge in [-0.2, -0.15) is 0 Å². The molecule has 0 aromatic carbocycles. The molecule has 20 heavy (non-hydrogen) atoms. The van der Waals surface area contributed by atoms with E-state index in [9.17, 15) is 8.42 Å². The molecule has 1 aliphatic rings. The molecule has 0 amide bonds. The molecule has 2 N–H and O–H groups in total. The summed E-state index contributed by atoms with van der Waals surface area (Å²) >= 11 is 5.94. The fraction of sp³-hybridized carbons (Fsp3) is 0.583. The topological polar surface area (TPSA) is 74.3 Å². The summed E-state index contributed by atoms with van der Waals surface area (Å²) in [6, 6.07) is 2.01. The molecule has 0 aliphatic heterocycles. The fourth-order valence-electron chi connectivity index (χ4n) is 1.89. The fourth-order valence-corrected chi connectivity index (χ4v) is 3.21. The molecule has 0 saturated heterocycles. The Bertz CT molecular complexity index is 575. The molecule has 1 heterocycles. The predicted molar refractivity (Wildman–Crippen MR) is 79.6 cm³/mol. The van der Waals surface area contributed by atoms with E-state index in [4.69, 9.17) is 11.6 Å². The molecule has 1 aliphatic carbocycles. The number of likely N-dealkylation sites (N-methyl/N-ethyl adjacent to an activating group) is 1. The summed E-state index contributed by atoms with van der Waals surface area (Å²) in [5.74, 6) is 0.457. The molecule has 1 fully saturated rings. The number of aromatic nitrogens is 1. The van der Waals surface area contributed by atoms with Gasteiger partial charge >= 0.3 is 0 Å². The zero-order valence-corrected chi connectivity index (χ0v) is 13.1. The normalized spacial score (nSPS) is 15.6. The molecule has 2 rings (SSSR count). The zero-order chi connectivity index (χ0) is 14.8. The van der Waals surface area contributed by atoms with Crippen molar-refractivity contribution in [2.75, 3.05) is 32.5 Å². The summed E-state index contributed by atoms with van der Waals surface area (Å²) in [7, 11) is 0.121. The van der Waals surface area contributed by atoms with Crippen LogP contribution in [0.25, 0.3) is 0 Å². The van der Waals surface area contributed by atoms with Crippen LogP contribution in [0.5, 0.6) is 0 Å². The van der Waals surface area contributed by atoms with E-state index in [1.54, 1.807) is 7.05 Å². The Morgan fingerprint density at radius 2 is 2.20 bits per heavy atom. The molecule has 0 bridgehead atoms. The van der Waals surface area contributed by atoms with E-state index in [-0.39, 0.29) is 9.92 Å². The number of nitrogens with one attached hydrogen (secondary N) is 2. The van der Waals surface area contributed by atoms with Crippen LogP contribution in [0.4, 0.5) is 5.82 Å². The molecule has 0 radical (unpaired) electrons. The molecule has 0 atom stereocenters. The largest absolute Gasteiger partial charge is 0.372 e. The SMILES string of the molecule is CNc1ncc(S(=O)(=O)NCCN(C)C2CC2)cc1Cl. The number of hydrogen-bond acceptors (Lipinski definition) is 5. The van der Waals surface area contributed by atoms with Gasteiger partial charge in [0.2, 0.25) is 10.0 Å². The van der Waals surface area contributed by atoms with Crippen LogP contribution in [-0.4, -0.2) is 51.5 Å². The maximum atomic E-state index is 12.1. The van der Waals surface area contributed by atoms with Crippen molar-refractivity contribution in [2.45, 2.75) is 23.8 Å². The third-order valence-corrected chi connectivity index (χ3v) is 5.01. The highest BCUT2D eigenvalue weighted by Crippen LogP contribution is 2.25. The molecule has 1 aromatic heterocycles. The first-order valence-electron chi connectivity index (χ1n) is 6.47. The Labute approximate surface area is 124 Å². The monoisotopic (exact) mass is 318 g/mol. The summed E-state index contributed by atoms with van der Waals surface area (Å²) in [5, 5.41) is 3.07. The Balaban J connectivity index is 1.96. The van der Waals surface area contributed by atoms with E-state index in [0.29, 0.717) is 24.9 Å². The second-order valence-electron chi connectivity index (χ2n) is 4.86. The number of nitrogens with zero attached hydrogens (tertiary/aromatic N) is 2. The minimum Gasteiger partial charge on any atom is -0.372 e. The van der Waals surface area contributed by atoms with Crippen LogP contribution in [0, 0.1) is 0 Å². The third-order valence-electron chi connectivity index (χ3n) is 3.29. The number of hydrogen-bond donors (Lipinski definition) is 2. The highest BCUT2D eigenvalue weighted by molar-refractivity contribution is 7.89. The van der Waals surface area contributed by atoms with Crippen molar-refractivity contribution in [3.8, 4) is 0 Å². The maximum Gasteiger partial charge on any atom is 0.242 e. The standard InChI is InChI=1S/C12H19ClN4O2S/c1-14-12-11(13)7-10(8-15-12)20(18,19)16-5-6-17(2)9-3-4-9/h7-9,16H,3-6H2,1-2H3,(H,14,15). The minimum absolute atomic E-state index is 0.0792. The van der Waals surface area contributed by atoms with Crippen molar-refractivity contribution >= 4 is 27.4 Å². The van der Waals surface area contributed by atoms with Gasteiger partial charge in [0.05, 0.1) is 5.02 Å². The molecule has 0 spiro atoms. The van der Waals surface area contributed by atoms with E-state index in [1.807, 2.05) is 7.05 Å². The van der Waals surface area contributed by atoms with Gasteiger partial charge in [-0.25, -0.2) is 18.1 Å². The second-order valence-corrected chi connectivity index (χ2v) is 7.04. The number of sulfonamides is 1. The molecule has 112 valence electrons. The van der Waals surface area contributed by atoms with Gasteiger partial charge in [0.15, 0.2) is 0 Å². The summed E-state index contributed by atoms with van der Waals surface area (Å²) < 4.78 is 26.8. The first-order chi connectivity index (χ1) is 9.44. The number of halogens is 1. The Hall–Kier alpha value is -0.890. The molecular formula is C12H19ClN4O2S. The van der Waals surface area contributed by atoms with Gasteiger partial charge in [-0.3, -0.25) is 0 Å². The maximum absolute atomic E-state index is 12.1. The lowest BCUT2D eigenvalue weighted by atomic mass is 10.4. The van der Waals surface area contributed by atoms with Gasteiger partial charge in [0.1, 0.15) is 10.7 Å². The quantitative estimate of drug-likeness (QED) is 0.789. The molecular weight excluding hydrogens is 300 g/mol. The summed E-state index contributed by atoms with van der Waals surface area (Å²) in [6.45, 7) is 1.07. The molecule has 6 nitrogen and oxygen atoms in total. The Morgan fingerprint density at radius 3 is 2.75 bits per heavy atom. The lowest BCUT2D eigenvalue weighted by Gasteiger charge is -2.15. The van der Waals surface area contributed by atoms with E-state index in [2.05, 4.69) is 19.9 Å². The lowest BCUT2D eigenvalue weighted by molar-refractivity contribution is 0.329. The van der Waals surface area contributed by atoms with Crippen molar-refractivity contribution in [1.29, 1.82) is 0 Å². The van der Waals surface area contributed by atoms with E-state index in [0.717, 1.165) is 0 Å². The number of rotatable bonds is 7. The summed E-state index contributed by atoms with van der Waals surface area (Å²) in [6.07, 6.45) is 3.70. The third kappa shape index (κ3) is 3.82.